The number of alkyl halides is 3. The van der Waals surface area contributed by atoms with Crippen molar-refractivity contribution in [2.45, 2.75) is 24.6 Å². The molecule has 0 radical (unpaired) electrons. The van der Waals surface area contributed by atoms with Crippen molar-refractivity contribution in [1.82, 2.24) is 10.2 Å². The predicted octanol–water partition coefficient (Wildman–Crippen LogP) is 1.05. The molecule has 0 aromatic rings. The molecule has 2 amide bonds. The van der Waals surface area contributed by atoms with E-state index >= 15 is 0 Å². The van der Waals surface area contributed by atoms with Gasteiger partial charge in [0.05, 0.1) is 0 Å². The lowest BCUT2D eigenvalue weighted by Crippen LogP contribution is -2.49. The second kappa shape index (κ2) is 3.55. The summed E-state index contributed by atoms with van der Waals surface area (Å²) in [5, 5.41) is 10.9. The fourth-order valence-corrected chi connectivity index (χ4v) is 2.99. The Morgan fingerprint density at radius 2 is 1.74 bits per heavy atom. The van der Waals surface area contributed by atoms with Crippen molar-refractivity contribution in [2.24, 2.45) is 17.8 Å². The first kappa shape index (κ1) is 12.6. The van der Waals surface area contributed by atoms with Crippen molar-refractivity contribution >= 4 is 12.0 Å². The van der Waals surface area contributed by atoms with Gasteiger partial charge in [-0.1, -0.05) is 0 Å². The number of carbonyl (C=O) groups excluding carboxylic acids is 1. The average molecular weight is 278 g/mol. The Labute approximate surface area is 106 Å². The highest BCUT2D eigenvalue weighted by Gasteiger charge is 2.67. The summed E-state index contributed by atoms with van der Waals surface area (Å²) in [6.45, 7) is 0.494. The van der Waals surface area contributed by atoms with E-state index < -0.39 is 29.6 Å². The van der Waals surface area contributed by atoms with Gasteiger partial charge in [-0.3, -0.25) is 4.79 Å². The fraction of sp³-hybridized carbons (Fsp3) is 0.818. The van der Waals surface area contributed by atoms with E-state index in [9.17, 15) is 22.8 Å². The van der Waals surface area contributed by atoms with E-state index in [0.717, 1.165) is 0 Å². The van der Waals surface area contributed by atoms with Crippen LogP contribution in [0.2, 0.25) is 0 Å². The number of nitrogens with one attached hydrogen (secondary N) is 1. The van der Waals surface area contributed by atoms with Gasteiger partial charge in [0.2, 0.25) is 5.91 Å². The lowest BCUT2D eigenvalue weighted by atomic mass is 10.2. The molecule has 0 bridgehead atoms. The summed E-state index contributed by atoms with van der Waals surface area (Å²) in [5.41, 5.74) is -2.02. The number of rotatable bonds is 2. The summed E-state index contributed by atoms with van der Waals surface area (Å²) < 4.78 is 38.1. The van der Waals surface area contributed by atoms with E-state index in [1.807, 2.05) is 0 Å². The normalized spacial score (nSPS) is 34.7. The molecule has 1 aliphatic heterocycles. The van der Waals surface area contributed by atoms with E-state index in [1.165, 1.54) is 4.90 Å². The number of amides is 2. The van der Waals surface area contributed by atoms with Gasteiger partial charge in [-0.2, -0.15) is 13.2 Å². The smallest absolute Gasteiger partial charge is 0.411 e. The molecule has 3 fully saturated rings. The number of nitrogens with zero attached hydrogens (tertiary/aromatic N) is 1. The molecule has 1 heterocycles. The Morgan fingerprint density at radius 3 is 2.11 bits per heavy atom. The molecule has 3 aliphatic rings. The molecule has 2 aliphatic carbocycles. The molecule has 0 aromatic heterocycles. The molecule has 8 heteroatoms. The van der Waals surface area contributed by atoms with E-state index in [-0.39, 0.29) is 37.8 Å². The zero-order valence-electron chi connectivity index (χ0n) is 9.91. The van der Waals surface area contributed by atoms with Crippen LogP contribution in [-0.2, 0) is 4.79 Å². The fourth-order valence-electron chi connectivity index (χ4n) is 2.99. The molecule has 1 saturated heterocycles. The molecule has 0 aromatic carbocycles. The van der Waals surface area contributed by atoms with Crippen LogP contribution in [0.4, 0.5) is 18.0 Å². The molecule has 0 spiro atoms. The van der Waals surface area contributed by atoms with Gasteiger partial charge in [0, 0.05) is 19.0 Å². The van der Waals surface area contributed by atoms with Gasteiger partial charge in [-0.25, -0.2) is 4.79 Å². The number of halogens is 3. The standard InChI is InChI=1S/C11H13F3N2O3/c12-11(13,14)10(1-2-10)15-8(17)7-5-3-16(9(18)19)4-6(5)7/h5-7H,1-4H2,(H,15,17)(H,18,19)/t5-,6+,7-. The highest BCUT2D eigenvalue weighted by molar-refractivity contribution is 5.84. The lowest BCUT2D eigenvalue weighted by molar-refractivity contribution is -0.171. The topological polar surface area (TPSA) is 69.6 Å². The third-order valence-corrected chi connectivity index (χ3v) is 4.42. The third kappa shape index (κ3) is 1.84. The summed E-state index contributed by atoms with van der Waals surface area (Å²) in [4.78, 5) is 23.7. The zero-order chi connectivity index (χ0) is 14.0. The van der Waals surface area contributed by atoms with Crippen molar-refractivity contribution in [3.8, 4) is 0 Å². The highest BCUT2D eigenvalue weighted by Crippen LogP contribution is 2.54. The Hall–Kier alpha value is -1.47. The van der Waals surface area contributed by atoms with Crippen LogP contribution < -0.4 is 5.32 Å². The first-order chi connectivity index (χ1) is 8.75. The zero-order valence-corrected chi connectivity index (χ0v) is 9.91. The van der Waals surface area contributed by atoms with Crippen molar-refractivity contribution in [2.75, 3.05) is 13.1 Å². The van der Waals surface area contributed by atoms with Crippen molar-refractivity contribution < 1.29 is 27.9 Å². The number of carboxylic acid groups (broad SMARTS) is 1. The Morgan fingerprint density at radius 1 is 1.21 bits per heavy atom. The number of carbonyl (C=O) groups is 2. The Balaban J connectivity index is 1.57. The van der Waals surface area contributed by atoms with Crippen LogP contribution >= 0.6 is 0 Å². The summed E-state index contributed by atoms with van der Waals surface area (Å²) in [7, 11) is 0. The average Bonchev–Trinajstić information content (AvgIpc) is 3.15. The number of hydrogen-bond donors (Lipinski definition) is 2. The molecule has 0 unspecified atom stereocenters. The van der Waals surface area contributed by atoms with E-state index in [4.69, 9.17) is 5.11 Å². The second-order valence-corrected chi connectivity index (χ2v) is 5.61. The van der Waals surface area contributed by atoms with Crippen molar-refractivity contribution in [3.63, 3.8) is 0 Å². The minimum absolute atomic E-state index is 0.0639. The quantitative estimate of drug-likeness (QED) is 0.793. The maximum atomic E-state index is 12.7. The number of piperidine rings is 1. The largest absolute Gasteiger partial charge is 0.465 e. The van der Waals surface area contributed by atoms with Crippen LogP contribution in [0.15, 0.2) is 0 Å². The maximum absolute atomic E-state index is 12.7. The van der Waals surface area contributed by atoms with E-state index in [0.29, 0.717) is 0 Å². The maximum Gasteiger partial charge on any atom is 0.411 e. The first-order valence-corrected chi connectivity index (χ1v) is 6.12. The van der Waals surface area contributed by atoms with Gasteiger partial charge < -0.3 is 15.3 Å². The van der Waals surface area contributed by atoms with Crippen LogP contribution in [-0.4, -0.2) is 46.8 Å². The number of fused-ring (bicyclic) bond motifs is 1. The highest BCUT2D eigenvalue weighted by atomic mass is 19.4. The molecule has 106 valence electrons. The summed E-state index contributed by atoms with van der Waals surface area (Å²) in [5.74, 6) is -1.24. The van der Waals surface area contributed by atoms with Gasteiger partial charge in [0.15, 0.2) is 0 Å². The molecule has 5 nitrogen and oxygen atoms in total. The Kier molecular flexibility index (Phi) is 2.34. The van der Waals surface area contributed by atoms with Gasteiger partial charge in [0.1, 0.15) is 5.54 Å². The summed E-state index contributed by atoms with van der Waals surface area (Å²) >= 11 is 0. The van der Waals surface area contributed by atoms with Crippen LogP contribution in [0.1, 0.15) is 12.8 Å². The SMILES string of the molecule is O=C(NC1(C(F)(F)F)CC1)[C@@H]1[C@@H]2CN(C(=O)O)C[C@@H]21. The van der Waals surface area contributed by atoms with Gasteiger partial charge >= 0.3 is 12.3 Å². The van der Waals surface area contributed by atoms with Crippen LogP contribution in [0.5, 0.6) is 0 Å². The van der Waals surface area contributed by atoms with Gasteiger partial charge in [-0.15, -0.1) is 0 Å². The monoisotopic (exact) mass is 278 g/mol. The minimum Gasteiger partial charge on any atom is -0.465 e. The lowest BCUT2D eigenvalue weighted by Gasteiger charge is -2.22. The van der Waals surface area contributed by atoms with E-state index in [1.54, 1.807) is 0 Å². The number of likely N-dealkylation sites (tertiary alicyclic amines) is 1. The minimum atomic E-state index is -4.40. The predicted molar refractivity (Wildman–Crippen MR) is 56.2 cm³/mol. The van der Waals surface area contributed by atoms with Gasteiger partial charge in [0.25, 0.3) is 0 Å². The van der Waals surface area contributed by atoms with E-state index in [2.05, 4.69) is 5.32 Å². The molecule has 3 rings (SSSR count). The molecule has 19 heavy (non-hydrogen) atoms. The van der Waals surface area contributed by atoms with Crippen LogP contribution in [0.25, 0.3) is 0 Å². The summed E-state index contributed by atoms with van der Waals surface area (Å²) in [6, 6.07) is 0. The molecule has 2 saturated carbocycles. The molecule has 3 atom stereocenters. The molecular formula is C11H13F3N2O3. The second-order valence-electron chi connectivity index (χ2n) is 5.61. The number of hydrogen-bond acceptors (Lipinski definition) is 2. The Bertz CT molecular complexity index is 435. The molecular weight excluding hydrogens is 265 g/mol. The van der Waals surface area contributed by atoms with Crippen molar-refractivity contribution in [3.05, 3.63) is 0 Å². The van der Waals surface area contributed by atoms with Crippen LogP contribution in [0.3, 0.4) is 0 Å². The first-order valence-electron chi connectivity index (χ1n) is 6.12. The van der Waals surface area contributed by atoms with Crippen molar-refractivity contribution in [1.29, 1.82) is 0 Å². The molecule has 2 N–H and O–H groups in total. The van der Waals surface area contributed by atoms with Crippen LogP contribution in [0, 0.1) is 17.8 Å². The third-order valence-electron chi connectivity index (χ3n) is 4.42. The van der Waals surface area contributed by atoms with Gasteiger partial charge in [-0.05, 0) is 24.7 Å². The summed E-state index contributed by atoms with van der Waals surface area (Å²) in [6.07, 6.45) is -5.57.